The Morgan fingerprint density at radius 3 is 2.52 bits per heavy atom. The third-order valence-electron chi connectivity index (χ3n) is 4.05. The molecular weight excluding hydrogens is 300 g/mol. The van der Waals surface area contributed by atoms with Gasteiger partial charge in [-0.2, -0.15) is 0 Å². The van der Waals surface area contributed by atoms with E-state index >= 15 is 0 Å². The van der Waals surface area contributed by atoms with Crippen molar-refractivity contribution >= 4 is 5.91 Å². The van der Waals surface area contributed by atoms with E-state index < -0.39 is 11.6 Å². The van der Waals surface area contributed by atoms with E-state index in [1.54, 1.807) is 11.8 Å². The second kappa shape index (κ2) is 6.40. The Morgan fingerprint density at radius 2 is 1.87 bits per heavy atom. The van der Waals surface area contributed by atoms with Gasteiger partial charge in [0.05, 0.1) is 5.56 Å². The van der Waals surface area contributed by atoms with Crippen molar-refractivity contribution in [1.29, 1.82) is 0 Å². The molecule has 0 radical (unpaired) electrons. The highest BCUT2D eigenvalue weighted by atomic mass is 19.1. The number of nitrogens with zero attached hydrogens (tertiary/aromatic N) is 3. The molecule has 4 nitrogen and oxygen atoms in total. The summed E-state index contributed by atoms with van der Waals surface area (Å²) >= 11 is 0. The van der Waals surface area contributed by atoms with Crippen molar-refractivity contribution in [1.82, 2.24) is 14.9 Å². The maximum absolute atomic E-state index is 13.2. The van der Waals surface area contributed by atoms with E-state index in [0.29, 0.717) is 36.5 Å². The first-order valence-electron chi connectivity index (χ1n) is 7.54. The van der Waals surface area contributed by atoms with Gasteiger partial charge < -0.3 is 4.90 Å². The Balaban J connectivity index is 1.64. The van der Waals surface area contributed by atoms with Crippen molar-refractivity contribution in [3.8, 4) is 0 Å². The summed E-state index contributed by atoms with van der Waals surface area (Å²) in [5, 5.41) is 0. The number of amides is 1. The number of hydrogen-bond donors (Lipinski definition) is 0. The minimum Gasteiger partial charge on any atom is -0.338 e. The van der Waals surface area contributed by atoms with Gasteiger partial charge in [0.2, 0.25) is 0 Å². The van der Waals surface area contributed by atoms with E-state index in [0.717, 1.165) is 12.5 Å². The standard InChI is InChI=1S/C17H17F2N3O/c1-11-20-8-14(9-21-11)17(23)22-3-2-12(10-22)4-13-5-15(18)7-16(19)6-13/h5-9,12H,2-4,10H2,1H3. The smallest absolute Gasteiger partial charge is 0.256 e. The molecule has 6 heteroatoms. The molecule has 1 aliphatic rings. The Morgan fingerprint density at radius 1 is 1.22 bits per heavy atom. The van der Waals surface area contributed by atoms with Crippen LogP contribution >= 0.6 is 0 Å². The Hall–Kier alpha value is -2.37. The van der Waals surface area contributed by atoms with Crippen molar-refractivity contribution in [3.05, 3.63) is 59.2 Å². The first-order valence-corrected chi connectivity index (χ1v) is 7.54. The fourth-order valence-electron chi connectivity index (χ4n) is 2.93. The van der Waals surface area contributed by atoms with E-state index in [2.05, 4.69) is 9.97 Å². The molecule has 120 valence electrons. The number of carbonyl (C=O) groups is 1. The molecule has 1 atom stereocenters. The van der Waals surface area contributed by atoms with Crippen molar-refractivity contribution < 1.29 is 13.6 Å². The monoisotopic (exact) mass is 317 g/mol. The number of likely N-dealkylation sites (tertiary alicyclic amines) is 1. The molecule has 23 heavy (non-hydrogen) atoms. The third kappa shape index (κ3) is 3.70. The number of benzene rings is 1. The number of halogens is 2. The summed E-state index contributed by atoms with van der Waals surface area (Å²) in [6, 6.07) is 3.56. The maximum Gasteiger partial charge on any atom is 0.256 e. The van der Waals surface area contributed by atoms with Gasteiger partial charge in [-0.25, -0.2) is 18.7 Å². The molecule has 1 fully saturated rings. The molecule has 1 aromatic carbocycles. The highest BCUT2D eigenvalue weighted by Crippen LogP contribution is 2.23. The van der Waals surface area contributed by atoms with Crippen molar-refractivity contribution in [2.45, 2.75) is 19.8 Å². The molecule has 0 saturated carbocycles. The summed E-state index contributed by atoms with van der Waals surface area (Å²) < 4.78 is 26.5. The minimum atomic E-state index is -0.567. The highest BCUT2D eigenvalue weighted by molar-refractivity contribution is 5.93. The average molecular weight is 317 g/mol. The summed E-state index contributed by atoms with van der Waals surface area (Å²) in [4.78, 5) is 22.2. The number of hydrogen-bond acceptors (Lipinski definition) is 3. The lowest BCUT2D eigenvalue weighted by Gasteiger charge is -2.16. The van der Waals surface area contributed by atoms with Gasteiger partial charge >= 0.3 is 0 Å². The molecule has 1 aliphatic heterocycles. The Kier molecular flexibility index (Phi) is 4.32. The van der Waals surface area contributed by atoms with Crippen LogP contribution in [-0.4, -0.2) is 33.9 Å². The maximum atomic E-state index is 13.2. The molecule has 1 amide bonds. The van der Waals surface area contributed by atoms with Crippen molar-refractivity contribution in [3.63, 3.8) is 0 Å². The molecule has 1 saturated heterocycles. The molecule has 0 aliphatic carbocycles. The van der Waals surface area contributed by atoms with E-state index in [1.165, 1.54) is 24.5 Å². The Bertz CT molecular complexity index is 698. The van der Waals surface area contributed by atoms with Gasteiger partial charge in [0, 0.05) is 31.5 Å². The first-order chi connectivity index (χ1) is 11.0. The van der Waals surface area contributed by atoms with Gasteiger partial charge in [-0.15, -0.1) is 0 Å². The van der Waals surface area contributed by atoms with Gasteiger partial charge in [0.1, 0.15) is 17.5 Å². The fourth-order valence-corrected chi connectivity index (χ4v) is 2.93. The lowest BCUT2D eigenvalue weighted by atomic mass is 9.98. The minimum absolute atomic E-state index is 0.0991. The molecule has 0 bridgehead atoms. The molecule has 1 aromatic heterocycles. The van der Waals surface area contributed by atoms with Crippen molar-refractivity contribution in [2.75, 3.05) is 13.1 Å². The zero-order chi connectivity index (χ0) is 16.4. The predicted octanol–water partition coefficient (Wildman–Crippen LogP) is 2.77. The second-order valence-corrected chi connectivity index (χ2v) is 5.91. The SMILES string of the molecule is Cc1ncc(C(=O)N2CCC(Cc3cc(F)cc(F)c3)C2)cn1. The van der Waals surface area contributed by atoms with Gasteiger partial charge in [-0.05, 0) is 43.4 Å². The summed E-state index contributed by atoms with van der Waals surface area (Å²) in [5.41, 5.74) is 1.09. The average Bonchev–Trinajstić information content (AvgIpc) is 2.94. The zero-order valence-electron chi connectivity index (χ0n) is 12.8. The first kappa shape index (κ1) is 15.5. The van der Waals surface area contributed by atoms with Crippen LogP contribution in [0.3, 0.4) is 0 Å². The van der Waals surface area contributed by atoms with Crippen LogP contribution < -0.4 is 0 Å². The lowest BCUT2D eigenvalue weighted by molar-refractivity contribution is 0.0786. The van der Waals surface area contributed by atoms with E-state index in [1.807, 2.05) is 0 Å². The molecule has 1 unspecified atom stereocenters. The summed E-state index contributed by atoms with van der Waals surface area (Å²) in [5.74, 6) is -0.413. The Labute approximate surface area is 133 Å². The molecule has 2 heterocycles. The second-order valence-electron chi connectivity index (χ2n) is 5.91. The highest BCUT2D eigenvalue weighted by Gasteiger charge is 2.27. The van der Waals surface area contributed by atoms with Gasteiger partial charge in [0.15, 0.2) is 0 Å². The molecular formula is C17H17F2N3O. The van der Waals surface area contributed by atoms with Crippen molar-refractivity contribution in [2.24, 2.45) is 5.92 Å². The van der Waals surface area contributed by atoms with Crippen LogP contribution in [0.1, 0.15) is 28.2 Å². The normalized spacial score (nSPS) is 17.5. The molecule has 2 aromatic rings. The van der Waals surface area contributed by atoms with Gasteiger partial charge in [-0.1, -0.05) is 0 Å². The topological polar surface area (TPSA) is 46.1 Å². The van der Waals surface area contributed by atoms with Gasteiger partial charge in [0.25, 0.3) is 5.91 Å². The van der Waals surface area contributed by atoms with Crippen LogP contribution in [0.5, 0.6) is 0 Å². The van der Waals surface area contributed by atoms with E-state index in [9.17, 15) is 13.6 Å². The predicted molar refractivity (Wildman–Crippen MR) is 80.8 cm³/mol. The molecule has 0 spiro atoms. The van der Waals surface area contributed by atoms with Crippen LogP contribution in [-0.2, 0) is 6.42 Å². The summed E-state index contributed by atoms with van der Waals surface area (Å²) in [6.07, 6.45) is 4.43. The van der Waals surface area contributed by atoms with E-state index in [-0.39, 0.29) is 11.8 Å². The van der Waals surface area contributed by atoms with Crippen LogP contribution in [0.25, 0.3) is 0 Å². The molecule has 3 rings (SSSR count). The van der Waals surface area contributed by atoms with Crippen LogP contribution in [0, 0.1) is 24.5 Å². The number of rotatable bonds is 3. The lowest BCUT2D eigenvalue weighted by Crippen LogP contribution is -2.29. The number of aromatic nitrogens is 2. The summed E-state index contributed by atoms with van der Waals surface area (Å²) in [6.45, 7) is 2.97. The number of aryl methyl sites for hydroxylation is 1. The third-order valence-corrected chi connectivity index (χ3v) is 4.05. The largest absolute Gasteiger partial charge is 0.338 e. The summed E-state index contributed by atoms with van der Waals surface area (Å²) in [7, 11) is 0. The zero-order valence-corrected chi connectivity index (χ0v) is 12.8. The van der Waals surface area contributed by atoms with Crippen LogP contribution in [0.4, 0.5) is 8.78 Å². The fraction of sp³-hybridized carbons (Fsp3) is 0.353. The van der Waals surface area contributed by atoms with E-state index in [4.69, 9.17) is 0 Å². The van der Waals surface area contributed by atoms with Gasteiger partial charge in [-0.3, -0.25) is 4.79 Å². The van der Waals surface area contributed by atoms with Crippen LogP contribution in [0.15, 0.2) is 30.6 Å². The quantitative estimate of drug-likeness (QED) is 0.874. The number of carbonyl (C=O) groups excluding carboxylic acids is 1. The van der Waals surface area contributed by atoms with Crippen LogP contribution in [0.2, 0.25) is 0 Å². The molecule has 0 N–H and O–H groups in total.